The minimum absolute atomic E-state index is 0.171. The Labute approximate surface area is 100 Å². The first kappa shape index (κ1) is 11.8. The van der Waals surface area contributed by atoms with Crippen LogP contribution in [-0.2, 0) is 6.54 Å². The Bertz CT molecular complexity index is 370. The highest BCUT2D eigenvalue weighted by atomic mass is 35.5. The lowest BCUT2D eigenvalue weighted by Crippen LogP contribution is -2.48. The fourth-order valence-electron chi connectivity index (χ4n) is 2.06. The van der Waals surface area contributed by atoms with Gasteiger partial charge in [0.15, 0.2) is 0 Å². The zero-order chi connectivity index (χ0) is 11.5. The Morgan fingerprint density at radius 1 is 1.56 bits per heavy atom. The lowest BCUT2D eigenvalue weighted by atomic mass is 10.1. The van der Waals surface area contributed by atoms with Gasteiger partial charge < -0.3 is 5.32 Å². The molecule has 16 heavy (non-hydrogen) atoms. The Kier molecular flexibility index (Phi) is 3.79. The van der Waals surface area contributed by atoms with Gasteiger partial charge in [-0.1, -0.05) is 11.6 Å². The van der Waals surface area contributed by atoms with E-state index in [1.54, 1.807) is 12.1 Å². The second-order valence-electron chi connectivity index (χ2n) is 4.33. The van der Waals surface area contributed by atoms with Crippen molar-refractivity contribution in [2.45, 2.75) is 19.5 Å². The Morgan fingerprint density at radius 3 is 3.12 bits per heavy atom. The molecule has 0 saturated carbocycles. The van der Waals surface area contributed by atoms with Gasteiger partial charge in [0.1, 0.15) is 5.82 Å². The molecule has 2 rings (SSSR count). The van der Waals surface area contributed by atoms with E-state index in [4.69, 9.17) is 11.6 Å². The van der Waals surface area contributed by atoms with Crippen LogP contribution in [0.25, 0.3) is 0 Å². The zero-order valence-electron chi connectivity index (χ0n) is 9.34. The van der Waals surface area contributed by atoms with E-state index in [0.717, 1.165) is 19.6 Å². The molecule has 0 bridgehead atoms. The van der Waals surface area contributed by atoms with Crippen molar-refractivity contribution >= 4 is 11.6 Å². The number of halogens is 2. The lowest BCUT2D eigenvalue weighted by Gasteiger charge is -2.31. The molecule has 1 aliphatic heterocycles. The largest absolute Gasteiger partial charge is 0.312 e. The highest BCUT2D eigenvalue weighted by Gasteiger charge is 2.16. The number of benzene rings is 1. The van der Waals surface area contributed by atoms with Crippen molar-refractivity contribution in [2.75, 3.05) is 19.6 Å². The summed E-state index contributed by atoms with van der Waals surface area (Å²) in [7, 11) is 0. The topological polar surface area (TPSA) is 15.3 Å². The van der Waals surface area contributed by atoms with Gasteiger partial charge in [0.25, 0.3) is 0 Å². The highest BCUT2D eigenvalue weighted by molar-refractivity contribution is 6.30. The van der Waals surface area contributed by atoms with Gasteiger partial charge in [-0.2, -0.15) is 0 Å². The summed E-state index contributed by atoms with van der Waals surface area (Å²) in [5.74, 6) is -0.171. The number of rotatable bonds is 2. The van der Waals surface area contributed by atoms with Gasteiger partial charge >= 0.3 is 0 Å². The summed E-state index contributed by atoms with van der Waals surface area (Å²) < 4.78 is 13.5. The molecule has 1 heterocycles. The van der Waals surface area contributed by atoms with E-state index in [1.165, 1.54) is 6.07 Å². The van der Waals surface area contributed by atoms with Gasteiger partial charge in [-0.25, -0.2) is 4.39 Å². The maximum Gasteiger partial charge on any atom is 0.127 e. The van der Waals surface area contributed by atoms with Crippen LogP contribution in [0.5, 0.6) is 0 Å². The van der Waals surface area contributed by atoms with Crippen LogP contribution in [0.4, 0.5) is 4.39 Å². The van der Waals surface area contributed by atoms with E-state index >= 15 is 0 Å². The molecule has 0 aromatic heterocycles. The van der Waals surface area contributed by atoms with Crippen molar-refractivity contribution in [2.24, 2.45) is 0 Å². The summed E-state index contributed by atoms with van der Waals surface area (Å²) in [6, 6.07) is 5.20. The second-order valence-corrected chi connectivity index (χ2v) is 4.76. The zero-order valence-corrected chi connectivity index (χ0v) is 10.1. The molecule has 1 atom stereocenters. The lowest BCUT2D eigenvalue weighted by molar-refractivity contribution is 0.197. The molecule has 0 aliphatic carbocycles. The van der Waals surface area contributed by atoms with Crippen LogP contribution in [0.15, 0.2) is 18.2 Å². The molecule has 1 N–H and O–H groups in total. The smallest absolute Gasteiger partial charge is 0.127 e. The molecule has 1 saturated heterocycles. The Hall–Kier alpha value is -0.640. The number of hydrogen-bond donors (Lipinski definition) is 1. The predicted molar refractivity (Wildman–Crippen MR) is 64.2 cm³/mol. The quantitative estimate of drug-likeness (QED) is 0.856. The maximum absolute atomic E-state index is 13.5. The standard InChI is InChI=1S/C12H16ClFN2/c1-9-7-16(5-4-15-9)8-10-6-11(13)2-3-12(10)14/h2-3,6,9,15H,4-5,7-8H2,1H3/t9-/m1/s1. The first-order valence-electron chi connectivity index (χ1n) is 5.55. The summed E-state index contributed by atoms with van der Waals surface area (Å²) in [6.07, 6.45) is 0. The molecule has 1 aromatic carbocycles. The third-order valence-electron chi connectivity index (χ3n) is 2.85. The van der Waals surface area contributed by atoms with E-state index in [9.17, 15) is 4.39 Å². The van der Waals surface area contributed by atoms with E-state index < -0.39 is 0 Å². The predicted octanol–water partition coefficient (Wildman–Crippen LogP) is 2.27. The third-order valence-corrected chi connectivity index (χ3v) is 3.09. The van der Waals surface area contributed by atoms with Crippen molar-refractivity contribution in [3.05, 3.63) is 34.6 Å². The van der Waals surface area contributed by atoms with E-state index in [-0.39, 0.29) is 5.82 Å². The molecule has 0 unspecified atom stereocenters. The fraction of sp³-hybridized carbons (Fsp3) is 0.500. The van der Waals surface area contributed by atoms with Crippen LogP contribution >= 0.6 is 11.6 Å². The van der Waals surface area contributed by atoms with Crippen LogP contribution in [0.2, 0.25) is 5.02 Å². The second kappa shape index (κ2) is 5.13. The van der Waals surface area contributed by atoms with Gasteiger partial charge in [0, 0.05) is 42.8 Å². The molecule has 1 fully saturated rings. The van der Waals surface area contributed by atoms with E-state index in [0.29, 0.717) is 23.2 Å². The molecule has 1 aliphatic rings. The monoisotopic (exact) mass is 242 g/mol. The summed E-state index contributed by atoms with van der Waals surface area (Å²) >= 11 is 5.87. The van der Waals surface area contributed by atoms with Crippen molar-refractivity contribution in [1.82, 2.24) is 10.2 Å². The number of hydrogen-bond acceptors (Lipinski definition) is 2. The summed E-state index contributed by atoms with van der Waals surface area (Å²) in [6.45, 7) is 5.64. The van der Waals surface area contributed by atoms with Crippen molar-refractivity contribution in [3.8, 4) is 0 Å². The van der Waals surface area contributed by atoms with Crippen molar-refractivity contribution in [1.29, 1.82) is 0 Å². The third kappa shape index (κ3) is 2.94. The van der Waals surface area contributed by atoms with Crippen molar-refractivity contribution < 1.29 is 4.39 Å². The number of piperazine rings is 1. The minimum Gasteiger partial charge on any atom is -0.312 e. The van der Waals surface area contributed by atoms with Crippen LogP contribution in [0.1, 0.15) is 12.5 Å². The van der Waals surface area contributed by atoms with Gasteiger partial charge in [-0.05, 0) is 25.1 Å². The molecule has 0 spiro atoms. The van der Waals surface area contributed by atoms with Crippen LogP contribution in [0.3, 0.4) is 0 Å². The molecule has 2 nitrogen and oxygen atoms in total. The van der Waals surface area contributed by atoms with Crippen molar-refractivity contribution in [3.63, 3.8) is 0 Å². The van der Waals surface area contributed by atoms with E-state index in [2.05, 4.69) is 17.1 Å². The normalized spacial score (nSPS) is 22.3. The van der Waals surface area contributed by atoms with Gasteiger partial charge in [0.2, 0.25) is 0 Å². The Balaban J connectivity index is 2.05. The van der Waals surface area contributed by atoms with E-state index in [1.807, 2.05) is 0 Å². The van der Waals surface area contributed by atoms with Gasteiger partial charge in [-0.3, -0.25) is 4.90 Å². The minimum atomic E-state index is -0.171. The molecule has 88 valence electrons. The van der Waals surface area contributed by atoms with Crippen LogP contribution < -0.4 is 5.32 Å². The molecule has 0 radical (unpaired) electrons. The number of nitrogens with zero attached hydrogens (tertiary/aromatic N) is 1. The average Bonchev–Trinajstić information content (AvgIpc) is 2.24. The first-order chi connectivity index (χ1) is 7.65. The summed E-state index contributed by atoms with van der Waals surface area (Å²) in [5.41, 5.74) is 0.682. The summed E-state index contributed by atoms with van der Waals surface area (Å²) in [5, 5.41) is 3.96. The molecule has 1 aromatic rings. The van der Waals surface area contributed by atoms with Gasteiger partial charge in [-0.15, -0.1) is 0 Å². The SMILES string of the molecule is C[C@@H]1CN(Cc2cc(Cl)ccc2F)CCN1. The maximum atomic E-state index is 13.5. The fourth-order valence-corrected chi connectivity index (χ4v) is 2.26. The summed E-state index contributed by atoms with van der Waals surface area (Å²) in [4.78, 5) is 2.25. The average molecular weight is 243 g/mol. The molecule has 4 heteroatoms. The van der Waals surface area contributed by atoms with Crippen LogP contribution in [-0.4, -0.2) is 30.6 Å². The molecular formula is C12H16ClFN2. The van der Waals surface area contributed by atoms with Gasteiger partial charge in [0.05, 0.1) is 0 Å². The molecular weight excluding hydrogens is 227 g/mol. The first-order valence-corrected chi connectivity index (χ1v) is 5.92. The molecule has 0 amide bonds. The number of nitrogens with one attached hydrogen (secondary N) is 1. The highest BCUT2D eigenvalue weighted by Crippen LogP contribution is 2.17. The Morgan fingerprint density at radius 2 is 2.38 bits per heavy atom. The van der Waals surface area contributed by atoms with Crippen LogP contribution in [0, 0.1) is 5.82 Å².